The molecule has 0 unspecified atom stereocenters. The van der Waals surface area contributed by atoms with E-state index in [1.807, 2.05) is 0 Å². The van der Waals surface area contributed by atoms with Crippen LogP contribution < -0.4 is 5.32 Å². The molecule has 5 heteroatoms. The van der Waals surface area contributed by atoms with Crippen LogP contribution in [0.3, 0.4) is 0 Å². The van der Waals surface area contributed by atoms with Gasteiger partial charge in [-0.25, -0.2) is 0 Å². The van der Waals surface area contributed by atoms with Crippen LogP contribution in [-0.2, 0) is 11.3 Å². The summed E-state index contributed by atoms with van der Waals surface area (Å²) in [5.41, 5.74) is 1.38. The average Bonchev–Trinajstić information content (AvgIpc) is 3.54. The Morgan fingerprint density at radius 1 is 0.889 bits per heavy atom. The molecule has 0 radical (unpaired) electrons. The first kappa shape index (κ1) is 18.9. The first-order chi connectivity index (χ1) is 13.3. The first-order valence-corrected chi connectivity index (χ1v) is 10.8. The molecule has 0 atom stereocenters. The number of benzene rings is 1. The molecule has 0 aromatic heterocycles. The first-order valence-electron chi connectivity index (χ1n) is 10.8. The van der Waals surface area contributed by atoms with E-state index in [2.05, 4.69) is 50.3 Å². The molecule has 3 aliphatic rings. The van der Waals surface area contributed by atoms with Gasteiger partial charge in [0.1, 0.15) is 0 Å². The number of piperazine rings is 1. The fourth-order valence-corrected chi connectivity index (χ4v) is 4.23. The van der Waals surface area contributed by atoms with E-state index in [4.69, 9.17) is 0 Å². The van der Waals surface area contributed by atoms with Crippen LogP contribution in [0.2, 0.25) is 0 Å². The van der Waals surface area contributed by atoms with Gasteiger partial charge in [-0.3, -0.25) is 14.6 Å². The van der Waals surface area contributed by atoms with E-state index in [-0.39, 0.29) is 0 Å². The number of nitrogens with one attached hydrogen (secondary N) is 1. The van der Waals surface area contributed by atoms with Gasteiger partial charge >= 0.3 is 0 Å². The highest BCUT2D eigenvalue weighted by Gasteiger charge is 2.27. The van der Waals surface area contributed by atoms with E-state index in [9.17, 15) is 4.79 Å². The van der Waals surface area contributed by atoms with Crippen molar-refractivity contribution in [1.82, 2.24) is 20.0 Å². The van der Waals surface area contributed by atoms with Gasteiger partial charge in [0.15, 0.2) is 0 Å². The molecule has 0 bridgehead atoms. The van der Waals surface area contributed by atoms with Gasteiger partial charge in [0.25, 0.3) is 0 Å². The van der Waals surface area contributed by atoms with Crippen LogP contribution >= 0.6 is 0 Å². The number of piperidine rings is 1. The predicted molar refractivity (Wildman–Crippen MR) is 108 cm³/mol. The average molecular weight is 371 g/mol. The van der Waals surface area contributed by atoms with E-state index >= 15 is 0 Å². The second-order valence-corrected chi connectivity index (χ2v) is 8.54. The van der Waals surface area contributed by atoms with Crippen molar-refractivity contribution in [2.75, 3.05) is 52.4 Å². The lowest BCUT2D eigenvalue weighted by atomic mass is 10.0. The number of carbonyl (C=O) groups is 1. The number of rotatable bonds is 7. The zero-order chi connectivity index (χ0) is 18.5. The van der Waals surface area contributed by atoms with Crippen LogP contribution in [0.1, 0.15) is 31.2 Å². The minimum atomic E-state index is 0.326. The van der Waals surface area contributed by atoms with Crippen molar-refractivity contribution in [2.24, 2.45) is 5.92 Å². The van der Waals surface area contributed by atoms with Crippen LogP contribution in [0, 0.1) is 5.92 Å². The molecule has 1 amide bonds. The molecule has 1 aliphatic carbocycles. The van der Waals surface area contributed by atoms with E-state index < -0.39 is 0 Å². The lowest BCUT2D eigenvalue weighted by Gasteiger charge is -2.37. The zero-order valence-electron chi connectivity index (χ0n) is 16.5. The SMILES string of the molecule is O=C(CN1CCN(Cc2ccccc2)CC1)N1CCC(NCC2CC2)CC1. The number of nitrogens with zero attached hydrogens (tertiary/aromatic N) is 3. The lowest BCUT2D eigenvalue weighted by molar-refractivity contribution is -0.134. The van der Waals surface area contributed by atoms with Crippen molar-refractivity contribution in [3.8, 4) is 0 Å². The van der Waals surface area contributed by atoms with Gasteiger partial charge in [-0.2, -0.15) is 0 Å². The molecule has 2 heterocycles. The summed E-state index contributed by atoms with van der Waals surface area (Å²) in [6.07, 6.45) is 5.04. The van der Waals surface area contributed by atoms with Crippen molar-refractivity contribution in [1.29, 1.82) is 0 Å². The third-order valence-corrected chi connectivity index (χ3v) is 6.31. The van der Waals surface area contributed by atoms with Gasteiger partial charge in [-0.05, 0) is 43.7 Å². The predicted octanol–water partition coefficient (Wildman–Crippen LogP) is 1.79. The van der Waals surface area contributed by atoms with Crippen molar-refractivity contribution in [3.63, 3.8) is 0 Å². The minimum Gasteiger partial charge on any atom is -0.341 e. The van der Waals surface area contributed by atoms with Gasteiger partial charge in [0.05, 0.1) is 6.54 Å². The molecule has 4 rings (SSSR count). The molecule has 1 saturated carbocycles. The molecular formula is C22H34N4O. The van der Waals surface area contributed by atoms with Crippen LogP contribution in [0.4, 0.5) is 0 Å². The van der Waals surface area contributed by atoms with Gasteiger partial charge < -0.3 is 10.2 Å². The molecule has 0 spiro atoms. The molecule has 2 aliphatic heterocycles. The van der Waals surface area contributed by atoms with Gasteiger partial charge in [0.2, 0.25) is 5.91 Å². The minimum absolute atomic E-state index is 0.326. The number of hydrogen-bond acceptors (Lipinski definition) is 4. The highest BCUT2D eigenvalue weighted by molar-refractivity contribution is 5.78. The normalized spacial score (nSPS) is 22.9. The summed E-state index contributed by atoms with van der Waals surface area (Å²) in [7, 11) is 0. The summed E-state index contributed by atoms with van der Waals surface area (Å²) in [5.74, 6) is 1.26. The number of likely N-dealkylation sites (tertiary alicyclic amines) is 1. The number of amides is 1. The lowest BCUT2D eigenvalue weighted by Crippen LogP contribution is -2.52. The van der Waals surface area contributed by atoms with Gasteiger partial charge in [-0.1, -0.05) is 30.3 Å². The summed E-state index contributed by atoms with van der Waals surface area (Å²) in [6, 6.07) is 11.3. The molecule has 1 aromatic rings. The van der Waals surface area contributed by atoms with Crippen LogP contribution in [-0.4, -0.2) is 79.0 Å². The quantitative estimate of drug-likeness (QED) is 0.794. The van der Waals surface area contributed by atoms with Crippen molar-refractivity contribution >= 4 is 5.91 Å². The molecule has 5 nitrogen and oxygen atoms in total. The van der Waals surface area contributed by atoms with Crippen molar-refractivity contribution in [3.05, 3.63) is 35.9 Å². The van der Waals surface area contributed by atoms with Crippen LogP contribution in [0.5, 0.6) is 0 Å². The fourth-order valence-electron chi connectivity index (χ4n) is 4.23. The summed E-state index contributed by atoms with van der Waals surface area (Å²) in [4.78, 5) is 19.6. The maximum atomic E-state index is 12.7. The molecule has 3 fully saturated rings. The Bertz CT molecular complexity index is 588. The Morgan fingerprint density at radius 3 is 2.22 bits per heavy atom. The summed E-state index contributed by atoms with van der Waals surface area (Å²) < 4.78 is 0. The van der Waals surface area contributed by atoms with Crippen LogP contribution in [0.15, 0.2) is 30.3 Å². The molecule has 27 heavy (non-hydrogen) atoms. The molecule has 148 valence electrons. The topological polar surface area (TPSA) is 38.8 Å². The fraction of sp³-hybridized carbons (Fsp3) is 0.682. The summed E-state index contributed by atoms with van der Waals surface area (Å²) >= 11 is 0. The van der Waals surface area contributed by atoms with Gasteiger partial charge in [-0.15, -0.1) is 0 Å². The summed E-state index contributed by atoms with van der Waals surface area (Å²) in [6.45, 7) is 8.75. The number of carbonyl (C=O) groups excluding carboxylic acids is 1. The monoisotopic (exact) mass is 370 g/mol. The van der Waals surface area contributed by atoms with Crippen molar-refractivity contribution in [2.45, 2.75) is 38.3 Å². The van der Waals surface area contributed by atoms with E-state index in [1.54, 1.807) is 0 Å². The Hall–Kier alpha value is -1.43. The standard InChI is InChI=1S/C22H34N4O/c27-22(26-10-8-21(9-11-26)23-16-19-6-7-19)18-25-14-12-24(13-15-25)17-20-4-2-1-3-5-20/h1-5,19,21,23H,6-18H2. The highest BCUT2D eigenvalue weighted by Crippen LogP contribution is 2.28. The third kappa shape index (κ3) is 5.77. The maximum Gasteiger partial charge on any atom is 0.236 e. The van der Waals surface area contributed by atoms with E-state index in [0.29, 0.717) is 18.5 Å². The van der Waals surface area contributed by atoms with Crippen molar-refractivity contribution < 1.29 is 4.79 Å². The zero-order valence-corrected chi connectivity index (χ0v) is 16.5. The Morgan fingerprint density at radius 2 is 1.56 bits per heavy atom. The third-order valence-electron chi connectivity index (χ3n) is 6.31. The Balaban J connectivity index is 1.13. The molecular weight excluding hydrogens is 336 g/mol. The Labute approximate surface area is 163 Å². The second kappa shape index (κ2) is 9.18. The summed E-state index contributed by atoms with van der Waals surface area (Å²) in [5, 5.41) is 3.70. The van der Waals surface area contributed by atoms with E-state index in [1.165, 1.54) is 24.9 Å². The molecule has 1 N–H and O–H groups in total. The highest BCUT2D eigenvalue weighted by atomic mass is 16.2. The maximum absolute atomic E-state index is 12.7. The van der Waals surface area contributed by atoms with Crippen LogP contribution in [0.25, 0.3) is 0 Å². The molecule has 1 aromatic carbocycles. The number of hydrogen-bond donors (Lipinski definition) is 1. The second-order valence-electron chi connectivity index (χ2n) is 8.54. The Kier molecular flexibility index (Phi) is 6.43. The van der Waals surface area contributed by atoms with E-state index in [0.717, 1.165) is 64.6 Å². The molecule has 2 saturated heterocycles. The smallest absolute Gasteiger partial charge is 0.236 e. The largest absolute Gasteiger partial charge is 0.341 e. The van der Waals surface area contributed by atoms with Gasteiger partial charge in [0, 0.05) is 51.9 Å².